The van der Waals surface area contributed by atoms with E-state index >= 15 is 0 Å². The molecule has 0 unspecified atom stereocenters. The number of Topliss-reactive ketones (excluding diaryl/α,β-unsaturated/α-hetero) is 1. The largest absolute Gasteiger partial charge is 0.462 e. The number of ether oxygens (including phenoxy) is 1. The number of hydrogen-bond acceptors (Lipinski definition) is 4. The molecular formula is C15H15NO3. The first-order valence-electron chi connectivity index (χ1n) is 6.13. The molecule has 0 radical (unpaired) electrons. The van der Waals surface area contributed by atoms with Gasteiger partial charge in [-0.3, -0.25) is 9.78 Å². The number of ketones is 1. The number of benzene rings is 1. The molecule has 19 heavy (non-hydrogen) atoms. The van der Waals surface area contributed by atoms with Crippen LogP contribution in [0.25, 0.3) is 10.9 Å². The van der Waals surface area contributed by atoms with Crippen LogP contribution in [-0.4, -0.2) is 23.3 Å². The van der Waals surface area contributed by atoms with Crippen molar-refractivity contribution in [2.45, 2.75) is 20.8 Å². The summed E-state index contributed by atoms with van der Waals surface area (Å²) < 4.78 is 5.06. The average Bonchev–Trinajstić information content (AvgIpc) is 2.36. The van der Waals surface area contributed by atoms with Crippen LogP contribution in [0.3, 0.4) is 0 Å². The number of rotatable bonds is 3. The van der Waals surface area contributed by atoms with E-state index in [-0.39, 0.29) is 12.4 Å². The van der Waals surface area contributed by atoms with Crippen molar-refractivity contribution in [2.75, 3.05) is 6.61 Å². The molecule has 0 N–H and O–H groups in total. The normalized spacial score (nSPS) is 10.5. The van der Waals surface area contributed by atoms with Crippen LogP contribution in [0.2, 0.25) is 0 Å². The summed E-state index contributed by atoms with van der Waals surface area (Å²) in [7, 11) is 0. The highest BCUT2D eigenvalue weighted by Gasteiger charge is 2.22. The molecule has 1 aromatic carbocycles. The predicted molar refractivity (Wildman–Crippen MR) is 72.4 cm³/mol. The first kappa shape index (κ1) is 13.2. The quantitative estimate of drug-likeness (QED) is 0.626. The smallest absolute Gasteiger partial charge is 0.339 e. The number of fused-ring (bicyclic) bond motifs is 1. The highest BCUT2D eigenvalue weighted by Crippen LogP contribution is 2.24. The zero-order valence-corrected chi connectivity index (χ0v) is 11.2. The van der Waals surface area contributed by atoms with Crippen molar-refractivity contribution >= 4 is 22.7 Å². The van der Waals surface area contributed by atoms with E-state index in [1.807, 2.05) is 18.2 Å². The van der Waals surface area contributed by atoms with E-state index in [2.05, 4.69) is 4.98 Å². The number of para-hydroxylation sites is 1. The molecule has 0 fully saturated rings. The third-order valence-electron chi connectivity index (χ3n) is 2.90. The number of esters is 1. The number of pyridine rings is 1. The summed E-state index contributed by atoms with van der Waals surface area (Å²) in [4.78, 5) is 28.3. The summed E-state index contributed by atoms with van der Waals surface area (Å²) >= 11 is 0. The molecule has 0 aliphatic rings. The second-order valence-electron chi connectivity index (χ2n) is 4.24. The van der Waals surface area contributed by atoms with Gasteiger partial charge in [-0.15, -0.1) is 0 Å². The van der Waals surface area contributed by atoms with Gasteiger partial charge in [0.05, 0.1) is 23.3 Å². The molecule has 0 saturated carbocycles. The molecule has 0 atom stereocenters. The first-order valence-corrected chi connectivity index (χ1v) is 6.13. The number of aryl methyl sites for hydroxylation is 1. The minimum absolute atomic E-state index is 0.182. The van der Waals surface area contributed by atoms with Gasteiger partial charge in [-0.25, -0.2) is 4.79 Å². The number of carbonyl (C=O) groups excluding carboxylic acids is 2. The lowest BCUT2D eigenvalue weighted by Crippen LogP contribution is -2.14. The first-order chi connectivity index (χ1) is 9.06. The fourth-order valence-electron chi connectivity index (χ4n) is 2.18. The van der Waals surface area contributed by atoms with Crippen molar-refractivity contribution in [3.05, 3.63) is 41.1 Å². The Bertz CT molecular complexity index is 662. The Kier molecular flexibility index (Phi) is 3.60. The molecule has 1 aromatic heterocycles. The second kappa shape index (κ2) is 5.18. The molecule has 0 spiro atoms. The molecule has 0 aliphatic carbocycles. The van der Waals surface area contributed by atoms with E-state index in [0.29, 0.717) is 27.7 Å². The topological polar surface area (TPSA) is 56.3 Å². The zero-order valence-electron chi connectivity index (χ0n) is 11.2. The molecule has 0 bridgehead atoms. The molecule has 1 heterocycles. The lowest BCUT2D eigenvalue weighted by molar-refractivity contribution is 0.0525. The maximum absolute atomic E-state index is 12.1. The van der Waals surface area contributed by atoms with Crippen molar-refractivity contribution in [2.24, 2.45) is 0 Å². The van der Waals surface area contributed by atoms with E-state index in [1.165, 1.54) is 6.92 Å². The predicted octanol–water partition coefficient (Wildman–Crippen LogP) is 2.92. The van der Waals surface area contributed by atoms with Crippen molar-refractivity contribution in [1.29, 1.82) is 0 Å². The van der Waals surface area contributed by atoms with Crippen LogP contribution < -0.4 is 0 Å². The number of aromatic nitrogens is 1. The van der Waals surface area contributed by atoms with Gasteiger partial charge < -0.3 is 4.74 Å². The van der Waals surface area contributed by atoms with Crippen molar-refractivity contribution in [1.82, 2.24) is 4.98 Å². The molecule has 98 valence electrons. The van der Waals surface area contributed by atoms with E-state index in [4.69, 9.17) is 4.74 Å². The monoisotopic (exact) mass is 257 g/mol. The van der Waals surface area contributed by atoms with Gasteiger partial charge in [0.15, 0.2) is 5.78 Å². The Morgan fingerprint density at radius 1 is 1.21 bits per heavy atom. The van der Waals surface area contributed by atoms with Crippen LogP contribution in [0.1, 0.15) is 40.3 Å². The molecule has 0 saturated heterocycles. The van der Waals surface area contributed by atoms with Gasteiger partial charge in [0, 0.05) is 11.1 Å². The Hall–Kier alpha value is -2.23. The zero-order chi connectivity index (χ0) is 14.0. The Balaban J connectivity index is 2.84. The molecule has 4 nitrogen and oxygen atoms in total. The lowest BCUT2D eigenvalue weighted by atomic mass is 9.98. The van der Waals surface area contributed by atoms with Crippen LogP contribution in [0.15, 0.2) is 24.3 Å². The number of nitrogens with zero attached hydrogens (tertiary/aromatic N) is 1. The molecule has 2 aromatic rings. The number of carbonyl (C=O) groups is 2. The Morgan fingerprint density at radius 3 is 2.53 bits per heavy atom. The summed E-state index contributed by atoms with van der Waals surface area (Å²) in [6.07, 6.45) is 0. The van der Waals surface area contributed by atoms with Gasteiger partial charge in [-0.2, -0.15) is 0 Å². The van der Waals surface area contributed by atoms with Crippen LogP contribution >= 0.6 is 0 Å². The molecular weight excluding hydrogens is 242 g/mol. The van der Waals surface area contributed by atoms with Gasteiger partial charge in [-0.05, 0) is 26.8 Å². The summed E-state index contributed by atoms with van der Waals surface area (Å²) in [6.45, 7) is 5.17. The highest BCUT2D eigenvalue weighted by molar-refractivity contribution is 6.13. The summed E-state index contributed by atoms with van der Waals surface area (Å²) in [5, 5.41) is 0.650. The minimum atomic E-state index is -0.477. The number of hydrogen-bond donors (Lipinski definition) is 0. The van der Waals surface area contributed by atoms with Gasteiger partial charge in [0.2, 0.25) is 0 Å². The molecule has 0 aliphatic heterocycles. The van der Waals surface area contributed by atoms with Gasteiger partial charge in [0.1, 0.15) is 0 Å². The Labute approximate surface area is 111 Å². The van der Waals surface area contributed by atoms with Crippen molar-refractivity contribution < 1.29 is 14.3 Å². The maximum atomic E-state index is 12.1. The standard InChI is InChI=1S/C15H15NO3/c1-4-19-15(18)14-11-7-5-6-8-12(11)16-9(2)13(14)10(3)17/h5-8H,4H2,1-3H3. The van der Waals surface area contributed by atoms with E-state index < -0.39 is 5.97 Å². The van der Waals surface area contributed by atoms with E-state index in [9.17, 15) is 9.59 Å². The summed E-state index contributed by atoms with van der Waals surface area (Å²) in [5.74, 6) is -0.659. The van der Waals surface area contributed by atoms with Gasteiger partial charge in [-0.1, -0.05) is 18.2 Å². The van der Waals surface area contributed by atoms with Gasteiger partial charge in [0.25, 0.3) is 0 Å². The molecule has 0 amide bonds. The lowest BCUT2D eigenvalue weighted by Gasteiger charge is -2.12. The van der Waals surface area contributed by atoms with E-state index in [0.717, 1.165) is 0 Å². The van der Waals surface area contributed by atoms with Crippen LogP contribution in [0.4, 0.5) is 0 Å². The SMILES string of the molecule is CCOC(=O)c1c(C(C)=O)c(C)nc2ccccc12. The Morgan fingerprint density at radius 2 is 1.89 bits per heavy atom. The van der Waals surface area contributed by atoms with Crippen LogP contribution in [0, 0.1) is 6.92 Å². The fourth-order valence-corrected chi connectivity index (χ4v) is 2.18. The fraction of sp³-hybridized carbons (Fsp3) is 0.267. The molecule has 2 rings (SSSR count). The summed E-state index contributed by atoms with van der Waals surface area (Å²) in [5.41, 5.74) is 1.90. The van der Waals surface area contributed by atoms with Crippen LogP contribution in [-0.2, 0) is 4.74 Å². The third kappa shape index (κ3) is 2.34. The summed E-state index contributed by atoms with van der Waals surface area (Å²) in [6, 6.07) is 7.25. The van der Waals surface area contributed by atoms with E-state index in [1.54, 1.807) is 19.9 Å². The average molecular weight is 257 g/mol. The van der Waals surface area contributed by atoms with Gasteiger partial charge >= 0.3 is 5.97 Å². The maximum Gasteiger partial charge on any atom is 0.339 e. The minimum Gasteiger partial charge on any atom is -0.462 e. The van der Waals surface area contributed by atoms with Crippen molar-refractivity contribution in [3.63, 3.8) is 0 Å². The molecule has 4 heteroatoms. The van der Waals surface area contributed by atoms with Crippen molar-refractivity contribution in [3.8, 4) is 0 Å². The third-order valence-corrected chi connectivity index (χ3v) is 2.90. The highest BCUT2D eigenvalue weighted by atomic mass is 16.5. The van der Waals surface area contributed by atoms with Crippen LogP contribution in [0.5, 0.6) is 0 Å². The second-order valence-corrected chi connectivity index (χ2v) is 4.24.